The van der Waals surface area contributed by atoms with Crippen molar-refractivity contribution in [1.82, 2.24) is 0 Å². The molecule has 0 aromatic heterocycles. The van der Waals surface area contributed by atoms with E-state index in [4.69, 9.17) is 9.47 Å². The molecule has 2 aromatic carbocycles. The molecule has 2 aliphatic heterocycles. The molecule has 0 amide bonds. The Morgan fingerprint density at radius 1 is 1.12 bits per heavy atom. The van der Waals surface area contributed by atoms with Crippen LogP contribution < -0.4 is 21.9 Å². The van der Waals surface area contributed by atoms with Gasteiger partial charge in [0.15, 0.2) is 23.8 Å². The van der Waals surface area contributed by atoms with Gasteiger partial charge in [0.05, 0.1) is 5.56 Å². The van der Waals surface area contributed by atoms with E-state index in [1.807, 2.05) is 12.1 Å². The maximum atomic E-state index is 14.0. The van der Waals surface area contributed by atoms with Crippen molar-refractivity contribution >= 4 is 5.71 Å². The van der Waals surface area contributed by atoms with E-state index in [1.165, 1.54) is 22.9 Å². The lowest BCUT2D eigenvalue weighted by Gasteiger charge is -2.19. The lowest BCUT2D eigenvalue weighted by molar-refractivity contribution is -0.546. The number of ether oxygens (including phenoxy) is 2. The summed E-state index contributed by atoms with van der Waals surface area (Å²) in [6.07, 6.45) is 1.84. The van der Waals surface area contributed by atoms with Crippen LogP contribution in [-0.2, 0) is 13.0 Å². The predicted octanol–water partition coefficient (Wildman–Crippen LogP) is 0.526. The van der Waals surface area contributed by atoms with Crippen LogP contribution in [0.4, 0.5) is 4.39 Å². The largest absolute Gasteiger partial charge is 1.00 e. The van der Waals surface area contributed by atoms with E-state index in [2.05, 4.69) is 23.6 Å². The van der Waals surface area contributed by atoms with Crippen molar-refractivity contribution < 1.29 is 30.8 Å². The highest BCUT2D eigenvalue weighted by Gasteiger charge is 2.28. The van der Waals surface area contributed by atoms with Gasteiger partial charge in [0.2, 0.25) is 6.79 Å². The van der Waals surface area contributed by atoms with Gasteiger partial charge in [-0.2, -0.15) is 0 Å². The van der Waals surface area contributed by atoms with Crippen molar-refractivity contribution in [2.75, 3.05) is 13.3 Å². The summed E-state index contributed by atoms with van der Waals surface area (Å²) in [6.45, 7) is 3.93. The van der Waals surface area contributed by atoms with Crippen LogP contribution in [-0.4, -0.2) is 23.6 Å². The molecule has 2 aromatic rings. The molecule has 0 radical (unpaired) electrons. The molecule has 24 heavy (non-hydrogen) atoms. The summed E-state index contributed by atoms with van der Waals surface area (Å²) in [5.74, 6) is 1.50. The number of rotatable bonds is 3. The highest BCUT2D eigenvalue weighted by Crippen LogP contribution is 2.36. The number of benzene rings is 2. The van der Waals surface area contributed by atoms with Crippen LogP contribution in [0.5, 0.6) is 11.5 Å². The average Bonchev–Trinajstić information content (AvgIpc) is 3.02. The Morgan fingerprint density at radius 2 is 1.88 bits per heavy atom. The second-order valence-corrected chi connectivity index (χ2v) is 5.93. The lowest BCUT2D eigenvalue weighted by Crippen LogP contribution is -3.00. The molecule has 4 rings (SSSR count). The summed E-state index contributed by atoms with van der Waals surface area (Å²) in [6, 6.07) is 11.2. The molecule has 0 saturated heterocycles. The number of fused-ring (bicyclic) bond motifs is 2. The fraction of sp³-hybridized carbons (Fsp3) is 0.316. The minimum atomic E-state index is -0.139. The smallest absolute Gasteiger partial charge is 0.231 e. The summed E-state index contributed by atoms with van der Waals surface area (Å²) >= 11 is 0. The van der Waals surface area contributed by atoms with Gasteiger partial charge >= 0.3 is 0 Å². The van der Waals surface area contributed by atoms with Gasteiger partial charge in [-0.05, 0) is 29.8 Å². The maximum Gasteiger partial charge on any atom is 0.231 e. The van der Waals surface area contributed by atoms with E-state index in [9.17, 15) is 4.39 Å². The fourth-order valence-electron chi connectivity index (χ4n) is 3.44. The number of halogens is 2. The van der Waals surface area contributed by atoms with Crippen molar-refractivity contribution in [3.63, 3.8) is 0 Å². The van der Waals surface area contributed by atoms with Crippen LogP contribution in [0.25, 0.3) is 0 Å². The van der Waals surface area contributed by atoms with E-state index in [0.717, 1.165) is 36.4 Å². The van der Waals surface area contributed by atoms with Crippen molar-refractivity contribution in [2.24, 2.45) is 0 Å². The van der Waals surface area contributed by atoms with Crippen LogP contribution in [0.1, 0.15) is 30.0 Å². The topological polar surface area (TPSA) is 21.5 Å². The van der Waals surface area contributed by atoms with Crippen LogP contribution >= 0.6 is 0 Å². The zero-order valence-corrected chi connectivity index (χ0v) is 14.3. The van der Waals surface area contributed by atoms with Crippen LogP contribution in [0.2, 0.25) is 0 Å². The third-order valence-electron chi connectivity index (χ3n) is 4.60. The van der Waals surface area contributed by atoms with Crippen molar-refractivity contribution in [3.8, 4) is 11.5 Å². The second-order valence-electron chi connectivity index (χ2n) is 5.93. The molecule has 0 atom stereocenters. The molecule has 0 fully saturated rings. The fourth-order valence-corrected chi connectivity index (χ4v) is 3.44. The summed E-state index contributed by atoms with van der Waals surface area (Å²) < 4.78 is 27.3. The molecule has 0 saturated carbocycles. The SMILES string of the molecule is CCC1=[N+](Cc2ccccc2F)CCc2cc3c(cc21)OCO3.[Cl-]. The van der Waals surface area contributed by atoms with Gasteiger partial charge < -0.3 is 21.9 Å². The van der Waals surface area contributed by atoms with Crippen LogP contribution in [0.15, 0.2) is 36.4 Å². The predicted molar refractivity (Wildman–Crippen MR) is 85.9 cm³/mol. The van der Waals surface area contributed by atoms with Gasteiger partial charge in [0.1, 0.15) is 12.4 Å². The average molecular weight is 348 g/mol. The van der Waals surface area contributed by atoms with Gasteiger partial charge in [0.25, 0.3) is 0 Å². The van der Waals surface area contributed by atoms with Gasteiger partial charge in [-0.25, -0.2) is 8.97 Å². The molecular weight excluding hydrogens is 329 g/mol. The highest BCUT2D eigenvalue weighted by atomic mass is 35.5. The second kappa shape index (κ2) is 6.81. The summed E-state index contributed by atoms with van der Waals surface area (Å²) in [4.78, 5) is 0. The Labute approximate surface area is 147 Å². The van der Waals surface area contributed by atoms with E-state index in [-0.39, 0.29) is 18.2 Å². The van der Waals surface area contributed by atoms with E-state index in [0.29, 0.717) is 13.3 Å². The molecule has 3 nitrogen and oxygen atoms in total. The first kappa shape index (κ1) is 16.8. The Morgan fingerprint density at radius 3 is 2.62 bits per heavy atom. The quantitative estimate of drug-likeness (QED) is 0.755. The maximum absolute atomic E-state index is 14.0. The first-order valence-corrected chi connectivity index (χ1v) is 8.03. The summed E-state index contributed by atoms with van der Waals surface area (Å²) in [5.41, 5.74) is 4.48. The van der Waals surface area contributed by atoms with E-state index >= 15 is 0 Å². The van der Waals surface area contributed by atoms with Gasteiger partial charge in [0, 0.05) is 18.4 Å². The normalized spacial score (nSPS) is 15.1. The van der Waals surface area contributed by atoms with Crippen molar-refractivity contribution in [1.29, 1.82) is 0 Å². The van der Waals surface area contributed by atoms with E-state index in [1.54, 1.807) is 6.07 Å². The molecule has 0 unspecified atom stereocenters. The molecule has 2 aliphatic rings. The van der Waals surface area contributed by atoms with Gasteiger partial charge in [-0.1, -0.05) is 19.1 Å². The Balaban J connectivity index is 0.00000169. The summed E-state index contributed by atoms with van der Waals surface area (Å²) in [5, 5.41) is 0. The number of hydrogen-bond acceptors (Lipinski definition) is 2. The number of nitrogens with zero attached hydrogens (tertiary/aromatic N) is 1. The highest BCUT2D eigenvalue weighted by molar-refractivity contribution is 5.99. The molecule has 5 heteroatoms. The molecular formula is C19H19ClFNO2. The Hall–Kier alpha value is -2.07. The van der Waals surface area contributed by atoms with Crippen LogP contribution in [0, 0.1) is 5.82 Å². The first-order chi connectivity index (χ1) is 11.3. The number of hydrogen-bond donors (Lipinski definition) is 0. The zero-order valence-electron chi connectivity index (χ0n) is 13.5. The Bertz CT molecular complexity index is 804. The monoisotopic (exact) mass is 347 g/mol. The third-order valence-corrected chi connectivity index (χ3v) is 4.60. The van der Waals surface area contributed by atoms with Crippen LogP contribution in [0.3, 0.4) is 0 Å². The van der Waals surface area contributed by atoms with Gasteiger partial charge in [-0.15, -0.1) is 0 Å². The third kappa shape index (κ3) is 2.86. The zero-order chi connectivity index (χ0) is 15.8. The minimum absolute atomic E-state index is 0. The standard InChI is InChI=1S/C19H19FNO2.ClH/c1-2-17-15-10-19-18(22-12-23-19)9-13(15)7-8-21(17)11-14-5-3-4-6-16(14)20;/h3-6,9-10H,2,7-8,11-12H2,1H3;1H/q+1;/p-1. The molecule has 0 bridgehead atoms. The molecule has 126 valence electrons. The van der Waals surface area contributed by atoms with Gasteiger partial charge in [-0.3, -0.25) is 0 Å². The molecule has 0 N–H and O–H groups in total. The van der Waals surface area contributed by atoms with E-state index < -0.39 is 0 Å². The lowest BCUT2D eigenvalue weighted by atomic mass is 9.94. The minimum Gasteiger partial charge on any atom is -1.00 e. The Kier molecular flexibility index (Phi) is 4.76. The summed E-state index contributed by atoms with van der Waals surface area (Å²) in [7, 11) is 0. The first-order valence-electron chi connectivity index (χ1n) is 8.03. The molecule has 0 aliphatic carbocycles. The molecule has 2 heterocycles. The molecule has 0 spiro atoms. The van der Waals surface area contributed by atoms with Crippen molar-refractivity contribution in [3.05, 3.63) is 58.9 Å². The van der Waals surface area contributed by atoms with Crippen molar-refractivity contribution in [2.45, 2.75) is 26.3 Å².